The molecule has 0 aliphatic carbocycles. The molecule has 1 aliphatic heterocycles. The summed E-state index contributed by atoms with van der Waals surface area (Å²) < 4.78 is 29.1. The molecule has 35 heavy (non-hydrogen) atoms. The minimum absolute atomic E-state index is 0.147. The number of nitrogens with one attached hydrogen (secondary N) is 1. The van der Waals surface area contributed by atoms with Crippen molar-refractivity contribution in [3.05, 3.63) is 64.6 Å². The van der Waals surface area contributed by atoms with Crippen molar-refractivity contribution in [2.45, 2.75) is 45.6 Å². The second kappa shape index (κ2) is 9.91. The number of amides is 1. The average Bonchev–Trinajstić information content (AvgIpc) is 2.80. The molecule has 3 aromatic rings. The van der Waals surface area contributed by atoms with Gasteiger partial charge >= 0.3 is 0 Å². The van der Waals surface area contributed by atoms with E-state index < -0.39 is 15.9 Å². The van der Waals surface area contributed by atoms with Crippen LogP contribution in [0.3, 0.4) is 0 Å². The van der Waals surface area contributed by atoms with Crippen molar-refractivity contribution in [2.24, 2.45) is 17.8 Å². The Morgan fingerprint density at radius 3 is 2.23 bits per heavy atom. The van der Waals surface area contributed by atoms with E-state index in [1.165, 1.54) is 16.8 Å². The minimum atomic E-state index is -3.61. The average molecular weight is 497 g/mol. The number of benzene rings is 2. The standard InChI is InChI=1S/C26H32N4O4S/c1-17(2)14-30-26(32)23-8-6-5-7-22(23)24(28-30)25(31)27-20-9-11-21(12-10-20)35(33,34)29-15-18(3)13-19(4)16-29/h5-12,17-19H,13-16H2,1-4H3,(H,27,31). The number of piperidine rings is 1. The number of carbonyl (C=O) groups excluding carboxylic acids is 1. The third-order valence-corrected chi connectivity index (χ3v) is 8.05. The van der Waals surface area contributed by atoms with E-state index in [-0.39, 0.29) is 22.1 Å². The lowest BCUT2D eigenvalue weighted by atomic mass is 9.94. The fourth-order valence-electron chi connectivity index (χ4n) is 4.72. The normalized spacial score (nSPS) is 19.2. The molecule has 2 atom stereocenters. The Morgan fingerprint density at radius 1 is 1.03 bits per heavy atom. The van der Waals surface area contributed by atoms with E-state index in [4.69, 9.17) is 0 Å². The summed E-state index contributed by atoms with van der Waals surface area (Å²) >= 11 is 0. The van der Waals surface area contributed by atoms with Crippen LogP contribution in [0.25, 0.3) is 10.8 Å². The third kappa shape index (κ3) is 5.31. The van der Waals surface area contributed by atoms with Crippen LogP contribution in [0.5, 0.6) is 0 Å². The Balaban J connectivity index is 1.59. The van der Waals surface area contributed by atoms with Gasteiger partial charge in [-0.2, -0.15) is 9.40 Å². The second-order valence-corrected chi connectivity index (χ2v) is 12.0. The highest BCUT2D eigenvalue weighted by molar-refractivity contribution is 7.89. The summed E-state index contributed by atoms with van der Waals surface area (Å²) in [4.78, 5) is 26.2. The number of nitrogens with zero attached hydrogens (tertiary/aromatic N) is 3. The zero-order valence-electron chi connectivity index (χ0n) is 20.6. The number of fused-ring (bicyclic) bond motifs is 1. The first-order valence-electron chi connectivity index (χ1n) is 12.0. The molecule has 9 heteroatoms. The van der Waals surface area contributed by atoms with Gasteiger partial charge in [-0.3, -0.25) is 9.59 Å². The molecule has 0 bridgehead atoms. The lowest BCUT2D eigenvalue weighted by molar-refractivity contribution is 0.102. The molecule has 1 saturated heterocycles. The molecule has 2 unspecified atom stereocenters. The van der Waals surface area contributed by atoms with Gasteiger partial charge in [0.15, 0.2) is 5.69 Å². The largest absolute Gasteiger partial charge is 0.321 e. The Morgan fingerprint density at radius 2 is 1.63 bits per heavy atom. The molecule has 1 amide bonds. The summed E-state index contributed by atoms with van der Waals surface area (Å²) in [5.74, 6) is 0.340. The lowest BCUT2D eigenvalue weighted by Gasteiger charge is -2.34. The molecule has 1 aromatic heterocycles. The molecule has 1 fully saturated rings. The number of aromatic nitrogens is 2. The summed E-state index contributed by atoms with van der Waals surface area (Å²) in [5.41, 5.74) is 0.359. The molecule has 1 N–H and O–H groups in total. The lowest BCUT2D eigenvalue weighted by Crippen LogP contribution is -2.42. The maximum atomic E-state index is 13.2. The number of anilines is 1. The summed E-state index contributed by atoms with van der Waals surface area (Å²) in [7, 11) is -3.61. The molecule has 2 aromatic carbocycles. The molecule has 0 saturated carbocycles. The topological polar surface area (TPSA) is 101 Å². The van der Waals surface area contributed by atoms with Gasteiger partial charge in [-0.15, -0.1) is 0 Å². The molecule has 2 heterocycles. The van der Waals surface area contributed by atoms with E-state index >= 15 is 0 Å². The van der Waals surface area contributed by atoms with Crippen LogP contribution in [0.4, 0.5) is 5.69 Å². The van der Waals surface area contributed by atoms with E-state index in [1.54, 1.807) is 40.7 Å². The van der Waals surface area contributed by atoms with Crippen LogP contribution in [0, 0.1) is 17.8 Å². The van der Waals surface area contributed by atoms with Crippen LogP contribution >= 0.6 is 0 Å². The highest BCUT2D eigenvalue weighted by Crippen LogP contribution is 2.27. The van der Waals surface area contributed by atoms with E-state index in [1.807, 2.05) is 13.8 Å². The minimum Gasteiger partial charge on any atom is -0.321 e. The maximum Gasteiger partial charge on any atom is 0.276 e. The highest BCUT2D eigenvalue weighted by Gasteiger charge is 2.31. The fraction of sp³-hybridized carbons (Fsp3) is 0.423. The Bertz CT molecular complexity index is 1390. The van der Waals surface area contributed by atoms with Gasteiger partial charge in [0.1, 0.15) is 0 Å². The van der Waals surface area contributed by atoms with Crippen molar-refractivity contribution in [1.82, 2.24) is 14.1 Å². The van der Waals surface area contributed by atoms with Crippen LogP contribution in [-0.4, -0.2) is 41.5 Å². The number of rotatable bonds is 6. The Labute approximate surface area is 206 Å². The maximum absolute atomic E-state index is 13.2. The van der Waals surface area contributed by atoms with Gasteiger partial charge in [-0.25, -0.2) is 13.1 Å². The van der Waals surface area contributed by atoms with E-state index in [2.05, 4.69) is 24.3 Å². The molecule has 0 spiro atoms. The molecule has 0 radical (unpaired) electrons. The second-order valence-electron chi connectivity index (χ2n) is 10.0. The van der Waals surface area contributed by atoms with Crippen LogP contribution in [0.2, 0.25) is 0 Å². The number of carbonyl (C=O) groups is 1. The van der Waals surface area contributed by atoms with Crippen molar-refractivity contribution in [3.63, 3.8) is 0 Å². The Kier molecular flexibility index (Phi) is 7.10. The first-order chi connectivity index (χ1) is 16.6. The molecule has 1 aliphatic rings. The van der Waals surface area contributed by atoms with Gasteiger partial charge in [0, 0.05) is 30.7 Å². The Hall–Kier alpha value is -3.04. The number of sulfonamides is 1. The van der Waals surface area contributed by atoms with Gasteiger partial charge in [-0.05, 0) is 54.5 Å². The molecular weight excluding hydrogens is 464 g/mol. The van der Waals surface area contributed by atoms with Gasteiger partial charge in [0.2, 0.25) is 10.0 Å². The van der Waals surface area contributed by atoms with Gasteiger partial charge in [0.25, 0.3) is 11.5 Å². The van der Waals surface area contributed by atoms with Gasteiger partial charge in [-0.1, -0.05) is 45.9 Å². The van der Waals surface area contributed by atoms with Crippen molar-refractivity contribution < 1.29 is 13.2 Å². The van der Waals surface area contributed by atoms with Crippen molar-refractivity contribution in [1.29, 1.82) is 0 Å². The van der Waals surface area contributed by atoms with Gasteiger partial charge < -0.3 is 5.32 Å². The SMILES string of the molecule is CC(C)Cn1nc(C(=O)Nc2ccc(S(=O)(=O)N3CC(C)CC(C)C3)cc2)c2ccccc2c1=O. The summed E-state index contributed by atoms with van der Waals surface area (Å²) in [6.07, 6.45) is 1.02. The predicted molar refractivity (Wildman–Crippen MR) is 137 cm³/mol. The van der Waals surface area contributed by atoms with Crippen LogP contribution < -0.4 is 10.9 Å². The van der Waals surface area contributed by atoms with Crippen LogP contribution in [-0.2, 0) is 16.6 Å². The summed E-state index contributed by atoms with van der Waals surface area (Å²) in [6.45, 7) is 9.50. The third-order valence-electron chi connectivity index (χ3n) is 6.21. The van der Waals surface area contributed by atoms with Crippen LogP contribution in [0.1, 0.15) is 44.6 Å². The van der Waals surface area contributed by atoms with E-state index in [9.17, 15) is 18.0 Å². The summed E-state index contributed by atoms with van der Waals surface area (Å²) in [6, 6.07) is 13.1. The molecular formula is C26H32N4O4S. The van der Waals surface area contributed by atoms with E-state index in [0.717, 1.165) is 6.42 Å². The number of hydrogen-bond donors (Lipinski definition) is 1. The highest BCUT2D eigenvalue weighted by atomic mass is 32.2. The summed E-state index contributed by atoms with van der Waals surface area (Å²) in [5, 5.41) is 8.06. The quantitative estimate of drug-likeness (QED) is 0.556. The smallest absolute Gasteiger partial charge is 0.276 e. The van der Waals surface area contributed by atoms with Crippen molar-refractivity contribution >= 4 is 32.4 Å². The number of hydrogen-bond acceptors (Lipinski definition) is 5. The predicted octanol–water partition coefficient (Wildman–Crippen LogP) is 3.97. The molecule has 186 valence electrons. The van der Waals surface area contributed by atoms with E-state index in [0.29, 0.717) is 47.9 Å². The zero-order valence-corrected chi connectivity index (χ0v) is 21.4. The zero-order chi connectivity index (χ0) is 25.3. The van der Waals surface area contributed by atoms with Crippen LogP contribution in [0.15, 0.2) is 58.2 Å². The van der Waals surface area contributed by atoms with Crippen molar-refractivity contribution in [2.75, 3.05) is 18.4 Å². The first kappa shape index (κ1) is 25.1. The monoisotopic (exact) mass is 496 g/mol. The fourth-order valence-corrected chi connectivity index (χ4v) is 6.40. The van der Waals surface area contributed by atoms with Crippen molar-refractivity contribution in [3.8, 4) is 0 Å². The molecule has 4 rings (SSSR count). The van der Waals surface area contributed by atoms with Gasteiger partial charge in [0.05, 0.1) is 10.3 Å². The molecule has 8 nitrogen and oxygen atoms in total. The first-order valence-corrected chi connectivity index (χ1v) is 13.4.